The number of methoxy groups -OCH3 is 1. The van der Waals surface area contributed by atoms with Gasteiger partial charge in [-0.25, -0.2) is 4.99 Å². The van der Waals surface area contributed by atoms with E-state index >= 15 is 0 Å². The molecule has 0 unspecified atom stereocenters. The standard InChI is InChI=1S/C17H30N6O2S/c1-13-20-21-15(22(13)2)12-19-17(18-8-5-11-26-4)23-9-6-14(7-10-23)16(24)25-3/h14H,5-12H2,1-4H3,(H,18,19). The third-order valence-electron chi connectivity index (χ3n) is 4.69. The van der Waals surface area contributed by atoms with Crippen LogP contribution in [-0.4, -0.2) is 70.3 Å². The number of aromatic nitrogens is 3. The fraction of sp³-hybridized carbons (Fsp3) is 0.765. The van der Waals surface area contributed by atoms with Crippen molar-refractivity contribution in [3.8, 4) is 0 Å². The molecular weight excluding hydrogens is 352 g/mol. The summed E-state index contributed by atoms with van der Waals surface area (Å²) in [6.07, 6.45) is 4.79. The normalized spacial score (nSPS) is 16.0. The summed E-state index contributed by atoms with van der Waals surface area (Å²) >= 11 is 1.84. The van der Waals surface area contributed by atoms with Gasteiger partial charge in [0.05, 0.1) is 13.0 Å². The van der Waals surface area contributed by atoms with E-state index in [0.29, 0.717) is 6.54 Å². The van der Waals surface area contributed by atoms with Crippen molar-refractivity contribution in [2.75, 3.05) is 38.8 Å². The van der Waals surface area contributed by atoms with Crippen molar-refractivity contribution < 1.29 is 9.53 Å². The monoisotopic (exact) mass is 382 g/mol. The number of piperidine rings is 1. The Morgan fingerprint density at radius 2 is 2.12 bits per heavy atom. The molecule has 0 radical (unpaired) electrons. The van der Waals surface area contributed by atoms with Crippen LogP contribution in [0.25, 0.3) is 0 Å². The Kier molecular flexibility index (Phi) is 8.21. The number of aryl methyl sites for hydroxylation is 1. The fourth-order valence-corrected chi connectivity index (χ4v) is 3.35. The maximum atomic E-state index is 11.7. The van der Waals surface area contributed by atoms with E-state index in [9.17, 15) is 4.79 Å². The number of ether oxygens (including phenoxy) is 1. The minimum Gasteiger partial charge on any atom is -0.469 e. The van der Waals surface area contributed by atoms with Gasteiger partial charge in [-0.15, -0.1) is 10.2 Å². The summed E-state index contributed by atoms with van der Waals surface area (Å²) in [5.74, 6) is 3.61. The molecule has 1 aliphatic rings. The zero-order valence-corrected chi connectivity index (χ0v) is 17.0. The van der Waals surface area contributed by atoms with Gasteiger partial charge in [0.25, 0.3) is 0 Å². The molecule has 0 saturated carbocycles. The Hall–Kier alpha value is -1.77. The van der Waals surface area contributed by atoms with Crippen molar-refractivity contribution in [2.24, 2.45) is 18.0 Å². The van der Waals surface area contributed by atoms with E-state index in [-0.39, 0.29) is 11.9 Å². The van der Waals surface area contributed by atoms with E-state index in [1.807, 2.05) is 30.3 Å². The highest BCUT2D eigenvalue weighted by Crippen LogP contribution is 2.18. The number of thioether (sulfide) groups is 1. The lowest BCUT2D eigenvalue weighted by atomic mass is 9.97. The molecule has 0 amide bonds. The molecule has 26 heavy (non-hydrogen) atoms. The first kappa shape index (κ1) is 20.5. The minimum atomic E-state index is -0.106. The molecule has 0 aliphatic carbocycles. The van der Waals surface area contributed by atoms with Crippen LogP contribution >= 0.6 is 11.8 Å². The van der Waals surface area contributed by atoms with E-state index in [1.54, 1.807) is 0 Å². The number of rotatable bonds is 7. The molecule has 146 valence electrons. The Balaban J connectivity index is 2.00. The molecule has 0 aromatic carbocycles. The Morgan fingerprint density at radius 1 is 1.38 bits per heavy atom. The van der Waals surface area contributed by atoms with Crippen LogP contribution in [0.5, 0.6) is 0 Å². The predicted molar refractivity (Wildman–Crippen MR) is 104 cm³/mol. The number of hydrogen-bond acceptors (Lipinski definition) is 6. The molecular formula is C17H30N6O2S. The van der Waals surface area contributed by atoms with Crippen LogP contribution in [-0.2, 0) is 23.1 Å². The number of likely N-dealkylation sites (tertiary alicyclic amines) is 1. The van der Waals surface area contributed by atoms with Crippen LogP contribution in [0.4, 0.5) is 0 Å². The molecule has 0 atom stereocenters. The second-order valence-corrected chi connectivity index (χ2v) is 7.41. The second-order valence-electron chi connectivity index (χ2n) is 6.42. The number of hydrogen-bond donors (Lipinski definition) is 1. The Bertz CT molecular complexity index is 610. The molecule has 9 heteroatoms. The predicted octanol–water partition coefficient (Wildman–Crippen LogP) is 1.21. The van der Waals surface area contributed by atoms with Crippen molar-refractivity contribution >= 4 is 23.7 Å². The van der Waals surface area contributed by atoms with E-state index in [4.69, 9.17) is 9.73 Å². The summed E-state index contributed by atoms with van der Waals surface area (Å²) in [6.45, 7) is 4.89. The zero-order valence-electron chi connectivity index (χ0n) is 16.2. The SMILES string of the molecule is COC(=O)C1CCN(C(=NCc2nnc(C)n2C)NCCCSC)CC1. The van der Waals surface area contributed by atoms with Crippen LogP contribution < -0.4 is 5.32 Å². The number of aliphatic imine (C=N–C) groups is 1. The number of carbonyl (C=O) groups excluding carboxylic acids is 1. The van der Waals surface area contributed by atoms with Gasteiger partial charge in [-0.3, -0.25) is 4.79 Å². The summed E-state index contributed by atoms with van der Waals surface area (Å²) in [5, 5.41) is 11.7. The van der Waals surface area contributed by atoms with Gasteiger partial charge in [0.2, 0.25) is 0 Å². The highest BCUT2D eigenvalue weighted by atomic mass is 32.2. The van der Waals surface area contributed by atoms with Crippen LogP contribution in [0.15, 0.2) is 4.99 Å². The molecule has 1 aromatic heterocycles. The summed E-state index contributed by atoms with van der Waals surface area (Å²) in [6, 6.07) is 0. The lowest BCUT2D eigenvalue weighted by Gasteiger charge is -2.33. The van der Waals surface area contributed by atoms with Gasteiger partial charge < -0.3 is 19.5 Å². The van der Waals surface area contributed by atoms with Crippen molar-refractivity contribution in [3.05, 3.63) is 11.6 Å². The van der Waals surface area contributed by atoms with Gasteiger partial charge in [0.15, 0.2) is 11.8 Å². The number of nitrogens with zero attached hydrogens (tertiary/aromatic N) is 5. The first-order valence-electron chi connectivity index (χ1n) is 9.01. The van der Waals surface area contributed by atoms with Gasteiger partial charge in [-0.05, 0) is 38.2 Å². The first-order chi connectivity index (χ1) is 12.6. The molecule has 2 heterocycles. The van der Waals surface area contributed by atoms with Crippen LogP contribution in [0, 0.1) is 12.8 Å². The molecule has 1 N–H and O–H groups in total. The topological polar surface area (TPSA) is 84.6 Å². The maximum absolute atomic E-state index is 11.7. The van der Waals surface area contributed by atoms with Gasteiger partial charge in [0.1, 0.15) is 12.4 Å². The summed E-state index contributed by atoms with van der Waals surface area (Å²) < 4.78 is 6.83. The minimum absolute atomic E-state index is 0.00428. The van der Waals surface area contributed by atoms with Crippen LogP contribution in [0.1, 0.15) is 30.9 Å². The summed E-state index contributed by atoms with van der Waals surface area (Å²) in [4.78, 5) is 18.7. The largest absolute Gasteiger partial charge is 0.469 e. The van der Waals surface area contributed by atoms with Crippen molar-refractivity contribution in [3.63, 3.8) is 0 Å². The highest BCUT2D eigenvalue weighted by Gasteiger charge is 2.27. The van der Waals surface area contributed by atoms with Crippen LogP contribution in [0.2, 0.25) is 0 Å². The maximum Gasteiger partial charge on any atom is 0.308 e. The van der Waals surface area contributed by atoms with E-state index < -0.39 is 0 Å². The van der Waals surface area contributed by atoms with E-state index in [0.717, 1.165) is 62.3 Å². The van der Waals surface area contributed by atoms with Crippen molar-refractivity contribution in [1.82, 2.24) is 25.0 Å². The summed E-state index contributed by atoms with van der Waals surface area (Å²) in [7, 11) is 3.41. The molecule has 1 aliphatic heterocycles. The number of carbonyl (C=O) groups is 1. The average Bonchev–Trinajstić information content (AvgIpc) is 2.99. The third kappa shape index (κ3) is 5.62. The van der Waals surface area contributed by atoms with Crippen LogP contribution in [0.3, 0.4) is 0 Å². The third-order valence-corrected chi connectivity index (χ3v) is 5.39. The molecule has 1 aromatic rings. The lowest BCUT2D eigenvalue weighted by molar-refractivity contribution is -0.146. The smallest absolute Gasteiger partial charge is 0.308 e. The zero-order chi connectivity index (χ0) is 18.9. The number of nitrogens with one attached hydrogen (secondary N) is 1. The molecule has 0 spiro atoms. The average molecular weight is 383 g/mol. The van der Waals surface area contributed by atoms with Crippen molar-refractivity contribution in [2.45, 2.75) is 32.7 Å². The Morgan fingerprint density at radius 3 is 2.69 bits per heavy atom. The second kappa shape index (κ2) is 10.4. The van der Waals surface area contributed by atoms with E-state index in [1.165, 1.54) is 7.11 Å². The van der Waals surface area contributed by atoms with Gasteiger partial charge in [-0.2, -0.15) is 11.8 Å². The van der Waals surface area contributed by atoms with Gasteiger partial charge in [0, 0.05) is 26.7 Å². The quantitative estimate of drug-likeness (QED) is 0.328. The molecule has 2 rings (SSSR count). The highest BCUT2D eigenvalue weighted by molar-refractivity contribution is 7.98. The first-order valence-corrected chi connectivity index (χ1v) is 10.4. The van der Waals surface area contributed by atoms with Gasteiger partial charge in [-0.1, -0.05) is 0 Å². The van der Waals surface area contributed by atoms with Crippen molar-refractivity contribution in [1.29, 1.82) is 0 Å². The molecule has 1 saturated heterocycles. The number of guanidine groups is 1. The summed E-state index contributed by atoms with van der Waals surface area (Å²) in [5.41, 5.74) is 0. The fourth-order valence-electron chi connectivity index (χ4n) is 2.91. The number of esters is 1. The van der Waals surface area contributed by atoms with Gasteiger partial charge >= 0.3 is 5.97 Å². The molecule has 1 fully saturated rings. The molecule has 8 nitrogen and oxygen atoms in total. The Labute approximate surface area is 159 Å². The molecule has 0 bridgehead atoms. The van der Waals surface area contributed by atoms with E-state index in [2.05, 4.69) is 26.7 Å². The lowest BCUT2D eigenvalue weighted by Crippen LogP contribution is -2.47.